The Bertz CT molecular complexity index is 591. The van der Waals surface area contributed by atoms with E-state index >= 15 is 0 Å². The minimum atomic E-state index is -0.565. The van der Waals surface area contributed by atoms with Gasteiger partial charge in [-0.05, 0) is 57.2 Å². The molecule has 1 heterocycles. The molecule has 5 heteroatoms. The number of benzene rings is 1. The van der Waals surface area contributed by atoms with Crippen molar-refractivity contribution in [3.63, 3.8) is 0 Å². The average molecular weight is 309 g/mol. The second-order valence-corrected chi connectivity index (χ2v) is 7.41. The number of nitrogens with zero attached hydrogens (tertiary/aromatic N) is 1. The van der Waals surface area contributed by atoms with Gasteiger partial charge in [0, 0.05) is 24.6 Å². The van der Waals surface area contributed by atoms with Gasteiger partial charge in [0.25, 0.3) is 0 Å². The van der Waals surface area contributed by atoms with Crippen LogP contribution in [0.4, 0.5) is 13.6 Å². The summed E-state index contributed by atoms with van der Waals surface area (Å²) >= 11 is 0. The van der Waals surface area contributed by atoms with Crippen LogP contribution < -0.4 is 0 Å². The Labute approximate surface area is 129 Å². The molecule has 1 saturated carbocycles. The molecule has 0 unspecified atom stereocenters. The maximum atomic E-state index is 13.5. The zero-order valence-corrected chi connectivity index (χ0v) is 13.2. The molecule has 2 aliphatic rings. The van der Waals surface area contributed by atoms with Crippen molar-refractivity contribution in [2.24, 2.45) is 5.92 Å². The fourth-order valence-corrected chi connectivity index (χ4v) is 3.45. The fourth-order valence-electron chi connectivity index (χ4n) is 3.45. The van der Waals surface area contributed by atoms with Gasteiger partial charge >= 0.3 is 6.09 Å². The van der Waals surface area contributed by atoms with Crippen LogP contribution in [-0.2, 0) is 10.2 Å². The third kappa shape index (κ3) is 2.81. The van der Waals surface area contributed by atoms with Crippen LogP contribution in [0.3, 0.4) is 0 Å². The predicted octanol–water partition coefficient (Wildman–Crippen LogP) is 3.86. The highest BCUT2D eigenvalue weighted by Crippen LogP contribution is 2.58. The first-order valence-electron chi connectivity index (χ1n) is 7.64. The lowest BCUT2D eigenvalue weighted by Gasteiger charge is -2.34. The van der Waals surface area contributed by atoms with Crippen LogP contribution in [0.25, 0.3) is 0 Å². The Morgan fingerprint density at radius 3 is 2.50 bits per heavy atom. The Balaban J connectivity index is 1.80. The van der Waals surface area contributed by atoms with Crippen molar-refractivity contribution in [1.82, 2.24) is 4.90 Å². The largest absolute Gasteiger partial charge is 0.444 e. The lowest BCUT2D eigenvalue weighted by molar-refractivity contribution is 0.0191. The normalized spacial score (nSPS) is 27.3. The van der Waals surface area contributed by atoms with Gasteiger partial charge in [-0.2, -0.15) is 0 Å². The quantitative estimate of drug-likeness (QED) is 0.788. The minimum absolute atomic E-state index is 0.307. The Morgan fingerprint density at radius 1 is 1.27 bits per heavy atom. The number of halogens is 2. The highest BCUT2D eigenvalue weighted by atomic mass is 19.1. The molecule has 2 atom stereocenters. The second-order valence-electron chi connectivity index (χ2n) is 7.41. The Hall–Kier alpha value is -1.65. The molecule has 1 amide bonds. The summed E-state index contributed by atoms with van der Waals surface area (Å²) in [5.74, 6) is -0.735. The summed E-state index contributed by atoms with van der Waals surface area (Å²) in [5, 5.41) is 0. The average Bonchev–Trinajstić information content (AvgIpc) is 3.10. The molecule has 3 nitrogen and oxygen atoms in total. The summed E-state index contributed by atoms with van der Waals surface area (Å²) in [6.45, 7) is 6.58. The van der Waals surface area contributed by atoms with E-state index in [0.29, 0.717) is 24.6 Å². The van der Waals surface area contributed by atoms with Crippen LogP contribution in [0.5, 0.6) is 0 Å². The highest BCUT2D eigenvalue weighted by molar-refractivity contribution is 5.69. The molecular weight excluding hydrogens is 288 g/mol. The molecule has 0 spiro atoms. The van der Waals surface area contributed by atoms with Crippen molar-refractivity contribution in [2.45, 2.75) is 44.6 Å². The summed E-state index contributed by atoms with van der Waals surface area (Å²) in [7, 11) is 0. The van der Waals surface area contributed by atoms with E-state index < -0.39 is 17.2 Å². The van der Waals surface area contributed by atoms with Crippen molar-refractivity contribution in [1.29, 1.82) is 0 Å². The third-order valence-electron chi connectivity index (χ3n) is 4.54. The van der Waals surface area contributed by atoms with Gasteiger partial charge in [-0.25, -0.2) is 13.6 Å². The molecule has 0 radical (unpaired) electrons. The first-order valence-corrected chi connectivity index (χ1v) is 7.64. The van der Waals surface area contributed by atoms with E-state index in [4.69, 9.17) is 4.74 Å². The van der Waals surface area contributed by atoms with E-state index in [1.54, 1.807) is 4.90 Å². The molecule has 0 aromatic heterocycles. The third-order valence-corrected chi connectivity index (χ3v) is 4.54. The molecule has 1 aromatic carbocycles. The first-order chi connectivity index (χ1) is 10.2. The molecule has 0 bridgehead atoms. The van der Waals surface area contributed by atoms with Gasteiger partial charge in [-0.1, -0.05) is 0 Å². The number of amides is 1. The van der Waals surface area contributed by atoms with Crippen LogP contribution in [0, 0.1) is 17.6 Å². The van der Waals surface area contributed by atoms with Crippen molar-refractivity contribution in [3.8, 4) is 0 Å². The topological polar surface area (TPSA) is 29.5 Å². The number of likely N-dealkylation sites (tertiary alicyclic amines) is 1. The molecule has 0 N–H and O–H groups in total. The van der Waals surface area contributed by atoms with Gasteiger partial charge in [0.15, 0.2) is 0 Å². The molecule has 1 saturated heterocycles. The van der Waals surface area contributed by atoms with E-state index in [1.165, 1.54) is 12.1 Å². The van der Waals surface area contributed by atoms with E-state index in [0.717, 1.165) is 18.9 Å². The van der Waals surface area contributed by atoms with E-state index in [1.807, 2.05) is 20.8 Å². The summed E-state index contributed by atoms with van der Waals surface area (Å²) in [4.78, 5) is 13.9. The monoisotopic (exact) mass is 309 g/mol. The fraction of sp³-hybridized carbons (Fsp3) is 0.588. The molecule has 1 aliphatic carbocycles. The number of carbonyl (C=O) groups is 1. The van der Waals surface area contributed by atoms with E-state index in [9.17, 15) is 13.6 Å². The van der Waals surface area contributed by atoms with Gasteiger partial charge in [0.1, 0.15) is 17.2 Å². The summed E-state index contributed by atoms with van der Waals surface area (Å²) in [6, 6.07) is 3.66. The van der Waals surface area contributed by atoms with Crippen molar-refractivity contribution >= 4 is 6.09 Å². The van der Waals surface area contributed by atoms with Crippen molar-refractivity contribution in [2.75, 3.05) is 13.1 Å². The standard InChI is InChI=1S/C17H21F2NO2/c1-16(2,3)22-15(21)20-5-4-11-9-17(11,10-20)12-6-13(18)8-14(19)7-12/h6-8,11H,4-5,9-10H2,1-3H3/t11-,17+/m1/s1. The number of rotatable bonds is 1. The molecule has 120 valence electrons. The SMILES string of the molecule is CC(C)(C)OC(=O)N1CC[C@@H]2C[C@]2(c2cc(F)cc(F)c2)C1. The highest BCUT2D eigenvalue weighted by Gasteiger charge is 2.58. The zero-order valence-electron chi connectivity index (χ0n) is 13.2. The molecule has 2 fully saturated rings. The maximum Gasteiger partial charge on any atom is 0.410 e. The molecular formula is C17H21F2NO2. The number of ether oxygens (including phenoxy) is 1. The van der Waals surface area contributed by atoms with Crippen LogP contribution in [0.1, 0.15) is 39.2 Å². The van der Waals surface area contributed by atoms with Gasteiger partial charge in [-0.15, -0.1) is 0 Å². The lowest BCUT2D eigenvalue weighted by atomic mass is 9.89. The zero-order chi connectivity index (χ0) is 16.1. The smallest absolute Gasteiger partial charge is 0.410 e. The van der Waals surface area contributed by atoms with Gasteiger partial charge < -0.3 is 9.64 Å². The molecule has 1 aromatic rings. The van der Waals surface area contributed by atoms with Gasteiger partial charge in [-0.3, -0.25) is 0 Å². The van der Waals surface area contributed by atoms with Gasteiger partial charge in [0.05, 0.1) is 0 Å². The molecule has 1 aliphatic heterocycles. The van der Waals surface area contributed by atoms with Gasteiger partial charge in [0.2, 0.25) is 0 Å². The van der Waals surface area contributed by atoms with E-state index in [-0.39, 0.29) is 11.5 Å². The number of hydrogen-bond donors (Lipinski definition) is 0. The minimum Gasteiger partial charge on any atom is -0.444 e. The number of fused-ring (bicyclic) bond motifs is 1. The van der Waals surface area contributed by atoms with Crippen molar-refractivity contribution in [3.05, 3.63) is 35.4 Å². The summed E-state index contributed by atoms with van der Waals surface area (Å²) in [5.41, 5.74) is -0.198. The maximum absolute atomic E-state index is 13.5. The Kier molecular flexibility index (Phi) is 3.42. The summed E-state index contributed by atoms with van der Waals surface area (Å²) < 4.78 is 32.4. The van der Waals surface area contributed by atoms with Crippen LogP contribution >= 0.6 is 0 Å². The summed E-state index contributed by atoms with van der Waals surface area (Å²) in [6.07, 6.45) is 1.36. The first kappa shape index (κ1) is 15.3. The van der Waals surface area contributed by atoms with E-state index in [2.05, 4.69) is 0 Å². The van der Waals surface area contributed by atoms with Crippen LogP contribution in [-0.4, -0.2) is 29.7 Å². The molecule has 22 heavy (non-hydrogen) atoms. The number of carbonyl (C=O) groups excluding carboxylic acids is 1. The molecule has 3 rings (SSSR count). The lowest BCUT2D eigenvalue weighted by Crippen LogP contribution is -2.45. The Morgan fingerprint density at radius 2 is 1.91 bits per heavy atom. The second kappa shape index (κ2) is 4.93. The predicted molar refractivity (Wildman–Crippen MR) is 78.6 cm³/mol. The van der Waals surface area contributed by atoms with Crippen LogP contribution in [0.2, 0.25) is 0 Å². The number of hydrogen-bond acceptors (Lipinski definition) is 2. The van der Waals surface area contributed by atoms with Crippen molar-refractivity contribution < 1.29 is 18.3 Å². The van der Waals surface area contributed by atoms with Crippen LogP contribution in [0.15, 0.2) is 18.2 Å². The number of piperidine rings is 1.